The topological polar surface area (TPSA) is 47.1 Å². The number of anilines is 2. The van der Waals surface area contributed by atoms with Gasteiger partial charge in [0.1, 0.15) is 5.82 Å². The maximum absolute atomic E-state index is 6.26. The van der Waals surface area contributed by atoms with Crippen molar-refractivity contribution in [2.45, 2.75) is 46.0 Å². The summed E-state index contributed by atoms with van der Waals surface area (Å²) in [6, 6.07) is 0. The molecular weight excluding hydrogens is 224 g/mol. The van der Waals surface area contributed by atoms with Gasteiger partial charge >= 0.3 is 0 Å². The highest BCUT2D eigenvalue weighted by Crippen LogP contribution is 2.32. The zero-order valence-electron chi connectivity index (χ0n) is 11.9. The smallest absolute Gasteiger partial charge is 0.150 e. The van der Waals surface area contributed by atoms with E-state index in [9.17, 15) is 0 Å². The predicted octanol–water partition coefficient (Wildman–Crippen LogP) is 2.58. The summed E-state index contributed by atoms with van der Waals surface area (Å²) < 4.78 is 1.97. The van der Waals surface area contributed by atoms with Crippen LogP contribution in [0.4, 0.5) is 11.5 Å². The minimum Gasteiger partial charge on any atom is -0.394 e. The van der Waals surface area contributed by atoms with Crippen molar-refractivity contribution in [2.75, 3.05) is 23.7 Å². The molecule has 0 aliphatic carbocycles. The van der Waals surface area contributed by atoms with Crippen molar-refractivity contribution in [3.63, 3.8) is 0 Å². The average molecular weight is 250 g/mol. The number of hydrogen-bond donors (Lipinski definition) is 1. The fourth-order valence-corrected chi connectivity index (χ4v) is 3.05. The van der Waals surface area contributed by atoms with Crippen LogP contribution in [0.2, 0.25) is 0 Å². The van der Waals surface area contributed by atoms with E-state index in [1.54, 1.807) is 0 Å². The first-order chi connectivity index (χ1) is 8.67. The second-order valence-electron chi connectivity index (χ2n) is 5.45. The molecule has 0 aromatic carbocycles. The Bertz CT molecular complexity index is 397. The zero-order chi connectivity index (χ0) is 13.1. The van der Waals surface area contributed by atoms with Gasteiger partial charge in [-0.3, -0.25) is 4.68 Å². The van der Waals surface area contributed by atoms with Gasteiger partial charge in [0.2, 0.25) is 0 Å². The molecule has 102 valence electrons. The highest BCUT2D eigenvalue weighted by atomic mass is 15.4. The first kappa shape index (κ1) is 13.2. The molecule has 1 aliphatic heterocycles. The number of aryl methyl sites for hydroxylation is 2. The third-order valence-corrected chi connectivity index (χ3v) is 3.90. The van der Waals surface area contributed by atoms with Crippen molar-refractivity contribution in [1.82, 2.24) is 9.78 Å². The third kappa shape index (κ3) is 2.47. The monoisotopic (exact) mass is 250 g/mol. The highest BCUT2D eigenvalue weighted by Gasteiger charge is 2.26. The largest absolute Gasteiger partial charge is 0.394 e. The molecule has 18 heavy (non-hydrogen) atoms. The molecule has 2 rings (SSSR count). The second kappa shape index (κ2) is 5.63. The van der Waals surface area contributed by atoms with Crippen LogP contribution < -0.4 is 10.6 Å². The summed E-state index contributed by atoms with van der Waals surface area (Å²) in [5, 5.41) is 4.57. The van der Waals surface area contributed by atoms with Crippen LogP contribution in [-0.4, -0.2) is 22.9 Å². The fraction of sp³-hybridized carbons (Fsp3) is 0.786. The lowest BCUT2D eigenvalue weighted by Crippen LogP contribution is -2.23. The molecule has 2 heterocycles. The second-order valence-corrected chi connectivity index (χ2v) is 5.45. The van der Waals surface area contributed by atoms with Crippen molar-refractivity contribution in [3.8, 4) is 0 Å². The minimum absolute atomic E-state index is 0.832. The van der Waals surface area contributed by atoms with Gasteiger partial charge in [-0.15, -0.1) is 0 Å². The molecule has 1 aromatic rings. The molecule has 1 atom stereocenters. The Morgan fingerprint density at radius 3 is 2.78 bits per heavy atom. The normalized spacial score (nSPS) is 19.7. The van der Waals surface area contributed by atoms with Crippen LogP contribution in [0.1, 0.15) is 45.2 Å². The van der Waals surface area contributed by atoms with Gasteiger partial charge in [0.15, 0.2) is 0 Å². The van der Waals surface area contributed by atoms with E-state index in [2.05, 4.69) is 23.8 Å². The van der Waals surface area contributed by atoms with Crippen LogP contribution >= 0.6 is 0 Å². The summed E-state index contributed by atoms with van der Waals surface area (Å²) in [5.41, 5.74) is 8.23. The van der Waals surface area contributed by atoms with Gasteiger partial charge in [0.25, 0.3) is 0 Å². The lowest BCUT2D eigenvalue weighted by atomic mass is 10.0. The minimum atomic E-state index is 0.832. The van der Waals surface area contributed by atoms with E-state index >= 15 is 0 Å². The van der Waals surface area contributed by atoms with Gasteiger partial charge in [0, 0.05) is 20.1 Å². The Morgan fingerprint density at radius 2 is 2.11 bits per heavy atom. The molecule has 1 fully saturated rings. The van der Waals surface area contributed by atoms with E-state index < -0.39 is 0 Å². The maximum atomic E-state index is 6.26. The Labute approximate surface area is 110 Å². The van der Waals surface area contributed by atoms with Gasteiger partial charge in [-0.2, -0.15) is 5.10 Å². The molecular formula is C14H26N4. The van der Waals surface area contributed by atoms with Crippen molar-refractivity contribution >= 4 is 11.5 Å². The summed E-state index contributed by atoms with van der Waals surface area (Å²) in [4.78, 5) is 2.42. The van der Waals surface area contributed by atoms with Crippen LogP contribution in [0.3, 0.4) is 0 Å². The van der Waals surface area contributed by atoms with Crippen molar-refractivity contribution in [3.05, 3.63) is 5.69 Å². The Morgan fingerprint density at radius 1 is 1.33 bits per heavy atom. The van der Waals surface area contributed by atoms with Gasteiger partial charge in [-0.1, -0.05) is 26.7 Å². The molecule has 0 amide bonds. The Balaban J connectivity index is 2.14. The van der Waals surface area contributed by atoms with E-state index in [0.717, 1.165) is 49.0 Å². The molecule has 0 spiro atoms. The van der Waals surface area contributed by atoms with Crippen molar-refractivity contribution < 1.29 is 0 Å². The molecule has 1 unspecified atom stereocenters. The molecule has 4 heteroatoms. The number of nitrogens with zero attached hydrogens (tertiary/aromatic N) is 3. The van der Waals surface area contributed by atoms with Gasteiger partial charge in [0.05, 0.1) is 11.4 Å². The number of aromatic nitrogens is 2. The van der Waals surface area contributed by atoms with E-state index in [0.29, 0.717) is 0 Å². The van der Waals surface area contributed by atoms with Crippen LogP contribution in [0.25, 0.3) is 0 Å². The van der Waals surface area contributed by atoms with Crippen molar-refractivity contribution in [2.24, 2.45) is 13.0 Å². The molecule has 4 nitrogen and oxygen atoms in total. The fourth-order valence-electron chi connectivity index (χ4n) is 3.05. The Kier molecular flexibility index (Phi) is 4.15. The SMILES string of the molecule is CCCc1nn(C)c(N2CCC(CCC)C2)c1N. The zero-order valence-corrected chi connectivity index (χ0v) is 11.9. The van der Waals surface area contributed by atoms with Gasteiger partial charge in [-0.05, 0) is 25.2 Å². The van der Waals surface area contributed by atoms with Crippen molar-refractivity contribution in [1.29, 1.82) is 0 Å². The predicted molar refractivity (Wildman–Crippen MR) is 76.8 cm³/mol. The molecule has 0 radical (unpaired) electrons. The number of hydrogen-bond acceptors (Lipinski definition) is 3. The molecule has 1 aromatic heterocycles. The first-order valence-electron chi connectivity index (χ1n) is 7.23. The summed E-state index contributed by atoms with van der Waals surface area (Å²) >= 11 is 0. The van der Waals surface area contributed by atoms with Gasteiger partial charge < -0.3 is 10.6 Å². The molecule has 1 saturated heterocycles. The van der Waals surface area contributed by atoms with E-state index in [-0.39, 0.29) is 0 Å². The quantitative estimate of drug-likeness (QED) is 0.873. The number of rotatable bonds is 5. The lowest BCUT2D eigenvalue weighted by Gasteiger charge is -2.19. The summed E-state index contributed by atoms with van der Waals surface area (Å²) in [6.07, 6.45) is 5.98. The van der Waals surface area contributed by atoms with Crippen LogP contribution in [0.15, 0.2) is 0 Å². The van der Waals surface area contributed by atoms with Crippen LogP contribution in [0.5, 0.6) is 0 Å². The van der Waals surface area contributed by atoms with E-state index in [1.165, 1.54) is 19.3 Å². The summed E-state index contributed by atoms with van der Waals surface area (Å²) in [6.45, 7) is 6.70. The molecule has 0 bridgehead atoms. The van der Waals surface area contributed by atoms with Crippen LogP contribution in [0, 0.1) is 5.92 Å². The molecule has 1 aliphatic rings. The van der Waals surface area contributed by atoms with Gasteiger partial charge in [-0.25, -0.2) is 0 Å². The lowest BCUT2D eigenvalue weighted by molar-refractivity contribution is 0.529. The first-order valence-corrected chi connectivity index (χ1v) is 7.23. The Hall–Kier alpha value is -1.19. The van der Waals surface area contributed by atoms with E-state index in [1.807, 2.05) is 11.7 Å². The highest BCUT2D eigenvalue weighted by molar-refractivity contribution is 5.66. The maximum Gasteiger partial charge on any atom is 0.150 e. The van der Waals surface area contributed by atoms with E-state index in [4.69, 9.17) is 5.73 Å². The number of nitrogen functional groups attached to an aromatic ring is 1. The molecule has 0 saturated carbocycles. The summed E-state index contributed by atoms with van der Waals surface area (Å²) in [7, 11) is 2.01. The molecule has 2 N–H and O–H groups in total. The number of nitrogens with two attached hydrogens (primary N) is 1. The average Bonchev–Trinajstić information content (AvgIpc) is 2.87. The standard InChI is InChI=1S/C14H26N4/c1-4-6-11-8-9-18(10-11)14-13(15)12(7-5-2)16-17(14)3/h11H,4-10,15H2,1-3H3. The van der Waals surface area contributed by atoms with Crippen LogP contribution in [-0.2, 0) is 13.5 Å². The summed E-state index contributed by atoms with van der Waals surface area (Å²) in [5.74, 6) is 1.97. The third-order valence-electron chi connectivity index (χ3n) is 3.90.